The van der Waals surface area contributed by atoms with Crippen LogP contribution in [0, 0.1) is 13.8 Å². The molecule has 1 aliphatic rings. The maximum Gasteiger partial charge on any atom is 0.240 e. The molecule has 0 spiro atoms. The Morgan fingerprint density at radius 2 is 1.79 bits per heavy atom. The molecular formula is C26H25N5O2S. The van der Waals surface area contributed by atoms with Crippen LogP contribution in [0.3, 0.4) is 0 Å². The van der Waals surface area contributed by atoms with E-state index in [1.807, 2.05) is 85.3 Å². The molecule has 1 aromatic heterocycles. The molecule has 0 bridgehead atoms. The van der Waals surface area contributed by atoms with E-state index in [0.717, 1.165) is 33.7 Å². The molecule has 2 N–H and O–H groups in total. The predicted molar refractivity (Wildman–Crippen MR) is 135 cm³/mol. The van der Waals surface area contributed by atoms with Crippen molar-refractivity contribution in [1.29, 1.82) is 0 Å². The van der Waals surface area contributed by atoms with Crippen LogP contribution in [0.5, 0.6) is 5.75 Å². The lowest BCUT2D eigenvalue weighted by Gasteiger charge is -2.33. The third-order valence-electron chi connectivity index (χ3n) is 5.84. The van der Waals surface area contributed by atoms with Crippen LogP contribution in [-0.4, -0.2) is 33.1 Å². The number of anilines is 1. The Balaban J connectivity index is 1.51. The summed E-state index contributed by atoms with van der Waals surface area (Å²) in [6, 6.07) is 23.3. The van der Waals surface area contributed by atoms with Crippen LogP contribution in [0.2, 0.25) is 0 Å². The van der Waals surface area contributed by atoms with E-state index in [4.69, 9.17) is 4.74 Å². The van der Waals surface area contributed by atoms with Gasteiger partial charge in [0.25, 0.3) is 0 Å². The van der Waals surface area contributed by atoms with Crippen molar-refractivity contribution in [2.45, 2.75) is 30.3 Å². The van der Waals surface area contributed by atoms with Gasteiger partial charge in [-0.1, -0.05) is 71.9 Å². The van der Waals surface area contributed by atoms with Crippen LogP contribution in [0.15, 0.2) is 78.0 Å². The molecular weight excluding hydrogens is 446 g/mol. The van der Waals surface area contributed by atoms with Crippen molar-refractivity contribution < 1.29 is 9.53 Å². The number of methoxy groups -OCH3 is 1. The molecule has 5 rings (SSSR count). The number of amides is 1. The van der Waals surface area contributed by atoms with Gasteiger partial charge in [-0.2, -0.15) is 0 Å². The first kappa shape index (κ1) is 22.0. The predicted octanol–water partition coefficient (Wildman–Crippen LogP) is 4.97. The van der Waals surface area contributed by atoms with E-state index >= 15 is 0 Å². The Bertz CT molecular complexity index is 1320. The maximum atomic E-state index is 13.5. The third kappa shape index (κ3) is 4.24. The minimum atomic E-state index is -0.463. The number of carbonyl (C=O) groups is 1. The van der Waals surface area contributed by atoms with Crippen LogP contribution in [0.25, 0.3) is 11.4 Å². The number of fused-ring (bicyclic) bond motifs is 1. The number of nitrogens with one attached hydrogen (secondary N) is 2. The lowest BCUT2D eigenvalue weighted by molar-refractivity contribution is -0.116. The van der Waals surface area contributed by atoms with E-state index < -0.39 is 5.25 Å². The zero-order chi connectivity index (χ0) is 23.7. The Morgan fingerprint density at radius 3 is 2.50 bits per heavy atom. The number of hydrogen-bond donors (Lipinski definition) is 2. The average Bonchev–Trinajstić information content (AvgIpc) is 3.28. The molecule has 0 saturated carbocycles. The van der Waals surface area contributed by atoms with Crippen molar-refractivity contribution in [3.05, 3.63) is 89.5 Å². The van der Waals surface area contributed by atoms with E-state index in [1.54, 1.807) is 7.11 Å². The van der Waals surface area contributed by atoms with Crippen molar-refractivity contribution in [3.8, 4) is 17.1 Å². The highest BCUT2D eigenvalue weighted by molar-refractivity contribution is 8.00. The number of ether oxygens (including phenoxy) is 1. The monoisotopic (exact) mass is 471 g/mol. The topological polar surface area (TPSA) is 81.1 Å². The summed E-state index contributed by atoms with van der Waals surface area (Å²) in [4.78, 5) is 13.5. The first-order chi connectivity index (χ1) is 16.5. The zero-order valence-corrected chi connectivity index (χ0v) is 20.0. The lowest BCUT2D eigenvalue weighted by Crippen LogP contribution is -2.41. The molecule has 1 amide bonds. The fraction of sp³-hybridized carbons (Fsp3) is 0.192. The number of aromatic nitrogens is 3. The second-order valence-electron chi connectivity index (χ2n) is 8.23. The first-order valence-electron chi connectivity index (χ1n) is 11.0. The molecule has 7 nitrogen and oxygen atoms in total. The molecule has 3 aromatic carbocycles. The fourth-order valence-electron chi connectivity index (χ4n) is 4.05. The summed E-state index contributed by atoms with van der Waals surface area (Å²) in [6.45, 7) is 4.04. The van der Waals surface area contributed by atoms with Crippen molar-refractivity contribution in [1.82, 2.24) is 14.9 Å². The van der Waals surface area contributed by atoms with Gasteiger partial charge in [-0.25, -0.2) is 4.68 Å². The Labute approximate surface area is 202 Å². The molecule has 2 atom stereocenters. The van der Waals surface area contributed by atoms with Crippen LogP contribution >= 0.6 is 11.8 Å². The van der Waals surface area contributed by atoms with Gasteiger partial charge >= 0.3 is 0 Å². The van der Waals surface area contributed by atoms with Gasteiger partial charge in [-0.3, -0.25) is 4.79 Å². The number of thioether (sulfide) groups is 1. The number of aryl methyl sites for hydroxylation is 2. The Morgan fingerprint density at radius 1 is 1.03 bits per heavy atom. The molecule has 4 aromatic rings. The van der Waals surface area contributed by atoms with Gasteiger partial charge in [0.15, 0.2) is 5.82 Å². The van der Waals surface area contributed by atoms with E-state index in [0.29, 0.717) is 11.0 Å². The Hall–Kier alpha value is -3.78. The molecule has 8 heteroatoms. The molecule has 34 heavy (non-hydrogen) atoms. The van der Waals surface area contributed by atoms with E-state index in [9.17, 15) is 4.79 Å². The normalized spacial score (nSPS) is 16.9. The summed E-state index contributed by atoms with van der Waals surface area (Å²) >= 11 is 1.41. The summed E-state index contributed by atoms with van der Waals surface area (Å²) in [7, 11) is 1.64. The molecule has 0 saturated heterocycles. The second-order valence-corrected chi connectivity index (χ2v) is 9.34. The van der Waals surface area contributed by atoms with Crippen LogP contribution in [-0.2, 0) is 4.79 Å². The number of carbonyl (C=O) groups excluding carboxylic acids is 1. The quantitative estimate of drug-likeness (QED) is 0.428. The minimum Gasteiger partial charge on any atom is -0.497 e. The lowest BCUT2D eigenvalue weighted by atomic mass is 10.0. The smallest absolute Gasteiger partial charge is 0.240 e. The molecule has 2 heterocycles. The van der Waals surface area contributed by atoms with Crippen LogP contribution in [0.4, 0.5) is 5.69 Å². The van der Waals surface area contributed by atoms with Crippen molar-refractivity contribution in [2.75, 3.05) is 17.9 Å². The summed E-state index contributed by atoms with van der Waals surface area (Å²) in [5.41, 5.74) is 8.41. The van der Waals surface area contributed by atoms with Gasteiger partial charge in [0.1, 0.15) is 11.0 Å². The average molecular weight is 472 g/mol. The number of nitrogens with zero attached hydrogens (tertiary/aromatic N) is 3. The maximum absolute atomic E-state index is 13.5. The highest BCUT2D eigenvalue weighted by Gasteiger charge is 2.38. The molecule has 0 unspecified atom stereocenters. The summed E-state index contributed by atoms with van der Waals surface area (Å²) < 4.78 is 7.19. The van der Waals surface area contributed by atoms with Gasteiger partial charge in [-0.15, -0.1) is 10.2 Å². The number of hydrogen-bond acceptors (Lipinski definition) is 6. The summed E-state index contributed by atoms with van der Waals surface area (Å²) in [6.07, 6.45) is 0. The second kappa shape index (κ2) is 9.23. The molecule has 0 aliphatic carbocycles. The SMILES string of the molecule is COc1ccc([C@@H]2Nn3c(nnc3-c3ccccc3)S[C@@H]2C(=O)Nc2ccc(C)cc2C)cc1. The largest absolute Gasteiger partial charge is 0.497 e. The molecule has 1 aliphatic heterocycles. The summed E-state index contributed by atoms with van der Waals surface area (Å²) in [5.74, 6) is 1.37. The fourth-order valence-corrected chi connectivity index (χ4v) is 5.13. The highest BCUT2D eigenvalue weighted by Crippen LogP contribution is 2.39. The standard InChI is InChI=1S/C26H25N5O2S/c1-16-9-14-21(17(2)15-16)27-25(32)23-22(18-10-12-20(33-3)13-11-18)30-31-24(28-29-26(31)34-23)19-7-5-4-6-8-19/h4-15,22-23,30H,1-3H3,(H,27,32)/t22-,23-/m0/s1. The zero-order valence-electron chi connectivity index (χ0n) is 19.1. The third-order valence-corrected chi connectivity index (χ3v) is 7.06. The first-order valence-corrected chi connectivity index (χ1v) is 11.9. The van der Waals surface area contributed by atoms with E-state index in [1.165, 1.54) is 11.8 Å². The van der Waals surface area contributed by atoms with E-state index in [-0.39, 0.29) is 11.9 Å². The van der Waals surface area contributed by atoms with Gasteiger partial charge in [0.05, 0.1) is 13.2 Å². The van der Waals surface area contributed by atoms with E-state index in [2.05, 4.69) is 27.0 Å². The number of benzene rings is 3. The van der Waals surface area contributed by atoms with Gasteiger partial charge in [0.2, 0.25) is 11.1 Å². The van der Waals surface area contributed by atoms with Crippen molar-refractivity contribution in [2.24, 2.45) is 0 Å². The van der Waals surface area contributed by atoms with Crippen molar-refractivity contribution >= 4 is 23.4 Å². The Kier molecular flexibility index (Phi) is 5.98. The number of rotatable bonds is 5. The molecule has 0 fully saturated rings. The van der Waals surface area contributed by atoms with Crippen molar-refractivity contribution in [3.63, 3.8) is 0 Å². The van der Waals surface area contributed by atoms with Gasteiger partial charge in [-0.05, 0) is 43.2 Å². The molecule has 0 radical (unpaired) electrons. The highest BCUT2D eigenvalue weighted by atomic mass is 32.2. The van der Waals surface area contributed by atoms with Gasteiger partial charge in [0, 0.05) is 11.3 Å². The summed E-state index contributed by atoms with van der Waals surface area (Å²) in [5, 5.41) is 12.1. The minimum absolute atomic E-state index is 0.0965. The van der Waals surface area contributed by atoms with Crippen LogP contribution in [0.1, 0.15) is 22.7 Å². The van der Waals surface area contributed by atoms with Gasteiger partial charge < -0.3 is 15.5 Å². The van der Waals surface area contributed by atoms with Crippen LogP contribution < -0.4 is 15.5 Å². The molecule has 172 valence electrons.